The highest BCUT2D eigenvalue weighted by Gasteiger charge is 2.13. The molecule has 3 rings (SSSR count). The van der Waals surface area contributed by atoms with E-state index in [4.69, 9.17) is 26.1 Å². The maximum atomic E-state index is 9.48. The van der Waals surface area contributed by atoms with Gasteiger partial charge in [-0.3, -0.25) is 4.98 Å². The molecule has 33 heavy (non-hydrogen) atoms. The van der Waals surface area contributed by atoms with Gasteiger partial charge in [0.25, 0.3) is 0 Å². The number of rotatable bonds is 9. The zero-order valence-electron chi connectivity index (χ0n) is 19.0. The topological polar surface area (TPSA) is 80.6 Å². The molecule has 0 saturated heterocycles. The molecule has 1 aromatic carbocycles. The summed E-state index contributed by atoms with van der Waals surface area (Å²) in [6.07, 6.45) is 7.76. The molecule has 0 aliphatic rings. The van der Waals surface area contributed by atoms with Gasteiger partial charge < -0.3 is 19.5 Å². The van der Waals surface area contributed by atoms with E-state index in [1.165, 1.54) is 0 Å². The van der Waals surface area contributed by atoms with Crippen molar-refractivity contribution in [3.05, 3.63) is 70.3 Å². The molecule has 0 fully saturated rings. The third-order valence-corrected chi connectivity index (χ3v) is 5.19. The van der Waals surface area contributed by atoms with Crippen molar-refractivity contribution in [1.82, 2.24) is 15.0 Å². The van der Waals surface area contributed by atoms with Gasteiger partial charge in [0.2, 0.25) is 0 Å². The van der Waals surface area contributed by atoms with E-state index in [9.17, 15) is 5.11 Å². The summed E-state index contributed by atoms with van der Waals surface area (Å²) in [7, 11) is 3.22. The first-order valence-corrected chi connectivity index (χ1v) is 10.8. The fourth-order valence-electron chi connectivity index (χ4n) is 3.29. The minimum Gasteiger partial charge on any atom is -0.497 e. The van der Waals surface area contributed by atoms with Crippen LogP contribution in [-0.4, -0.2) is 47.4 Å². The van der Waals surface area contributed by atoms with Gasteiger partial charge in [-0.1, -0.05) is 24.3 Å². The van der Waals surface area contributed by atoms with E-state index in [1.807, 2.05) is 43.3 Å². The molecular weight excluding hydrogens is 440 g/mol. The van der Waals surface area contributed by atoms with Crippen LogP contribution in [0.2, 0.25) is 5.15 Å². The average molecular weight is 467 g/mol. The lowest BCUT2D eigenvalue weighted by atomic mass is 10.2. The van der Waals surface area contributed by atoms with E-state index in [-0.39, 0.29) is 6.61 Å². The number of allylic oxidation sites excluding steroid dienone is 2. The van der Waals surface area contributed by atoms with Crippen LogP contribution in [0.5, 0.6) is 11.5 Å². The lowest BCUT2D eigenvalue weighted by Gasteiger charge is -2.26. The Bertz CT molecular complexity index is 1220. The van der Waals surface area contributed by atoms with Crippen LogP contribution in [0.15, 0.2) is 54.5 Å². The van der Waals surface area contributed by atoms with Gasteiger partial charge in [-0.2, -0.15) is 0 Å². The Morgan fingerprint density at radius 2 is 1.88 bits per heavy atom. The van der Waals surface area contributed by atoms with Crippen LogP contribution in [0, 0.1) is 0 Å². The molecular formula is C25H27ClN4O3. The molecule has 0 spiro atoms. The Kier molecular flexibility index (Phi) is 8.40. The van der Waals surface area contributed by atoms with E-state index < -0.39 is 0 Å². The van der Waals surface area contributed by atoms with Gasteiger partial charge in [-0.25, -0.2) is 9.97 Å². The molecule has 8 heteroatoms. The zero-order chi connectivity index (χ0) is 23.8. The summed E-state index contributed by atoms with van der Waals surface area (Å²) in [6.45, 7) is 6.62. The van der Waals surface area contributed by atoms with Crippen molar-refractivity contribution in [2.24, 2.45) is 0 Å². The van der Waals surface area contributed by atoms with Gasteiger partial charge in [-0.05, 0) is 31.6 Å². The van der Waals surface area contributed by atoms with E-state index in [0.29, 0.717) is 46.0 Å². The number of pyridine rings is 1. The molecule has 172 valence electrons. The minimum atomic E-state index is 0.0628. The van der Waals surface area contributed by atoms with Gasteiger partial charge in [0, 0.05) is 54.5 Å². The third-order valence-electron chi connectivity index (χ3n) is 4.98. The van der Waals surface area contributed by atoms with Crippen molar-refractivity contribution in [2.75, 3.05) is 32.3 Å². The lowest BCUT2D eigenvalue weighted by Crippen LogP contribution is -2.33. The number of aromatic nitrogens is 3. The van der Waals surface area contributed by atoms with Gasteiger partial charge in [0.15, 0.2) is 0 Å². The number of methoxy groups -OCH3 is 2. The predicted octanol–water partition coefficient (Wildman–Crippen LogP) is 3.19. The Labute approximate surface area is 198 Å². The summed E-state index contributed by atoms with van der Waals surface area (Å²) in [5, 5.41) is 11.0. The number of aliphatic hydroxyl groups excluding tert-OH is 1. The van der Waals surface area contributed by atoms with Crippen LogP contribution in [0.4, 0.5) is 5.69 Å². The smallest absolute Gasteiger partial charge is 0.129 e. The minimum absolute atomic E-state index is 0.0628. The fraction of sp³-hybridized carbons (Fsp3) is 0.240. The maximum absolute atomic E-state index is 9.48. The van der Waals surface area contributed by atoms with Crippen LogP contribution in [0.25, 0.3) is 23.9 Å². The van der Waals surface area contributed by atoms with Crippen molar-refractivity contribution >= 4 is 29.9 Å². The summed E-state index contributed by atoms with van der Waals surface area (Å²) in [5.41, 5.74) is 3.20. The molecule has 7 nitrogen and oxygen atoms in total. The van der Waals surface area contributed by atoms with Crippen molar-refractivity contribution in [2.45, 2.75) is 13.3 Å². The average Bonchev–Trinajstić information content (AvgIpc) is 2.84. The van der Waals surface area contributed by atoms with Crippen molar-refractivity contribution in [1.29, 1.82) is 0 Å². The van der Waals surface area contributed by atoms with E-state index in [0.717, 1.165) is 16.9 Å². The first-order chi connectivity index (χ1) is 16.0. The number of benzene rings is 1. The van der Waals surface area contributed by atoms with E-state index in [2.05, 4.69) is 21.4 Å². The number of ether oxygens (including phenoxy) is 2. The highest BCUT2D eigenvalue weighted by Crippen LogP contribution is 2.31. The molecule has 0 unspecified atom stereocenters. The fourth-order valence-corrected chi connectivity index (χ4v) is 3.46. The highest BCUT2D eigenvalue weighted by atomic mass is 35.5. The maximum Gasteiger partial charge on any atom is 0.129 e. The number of halogens is 1. The SMILES string of the molecule is C=c1ncc(-c2ccnc(Cl)c2)n/c1=C/C(=C\C)N(CCCO)c1cc(OC)cc(OC)c1. The van der Waals surface area contributed by atoms with Crippen molar-refractivity contribution < 1.29 is 14.6 Å². The molecule has 2 heterocycles. The number of hydrogen-bond acceptors (Lipinski definition) is 7. The van der Waals surface area contributed by atoms with Gasteiger partial charge in [0.1, 0.15) is 16.7 Å². The monoisotopic (exact) mass is 466 g/mol. The normalized spacial score (nSPS) is 12.0. The predicted molar refractivity (Wildman–Crippen MR) is 132 cm³/mol. The summed E-state index contributed by atoms with van der Waals surface area (Å²) < 4.78 is 10.9. The Hall–Kier alpha value is -3.42. The number of anilines is 1. The number of hydrogen-bond donors (Lipinski definition) is 1. The summed E-state index contributed by atoms with van der Waals surface area (Å²) in [4.78, 5) is 15.3. The summed E-state index contributed by atoms with van der Waals surface area (Å²) in [5.74, 6) is 1.34. The van der Waals surface area contributed by atoms with Crippen molar-refractivity contribution in [3.63, 3.8) is 0 Å². The number of aliphatic hydroxyl groups is 1. The summed E-state index contributed by atoms with van der Waals surface area (Å²) >= 11 is 6.04. The van der Waals surface area contributed by atoms with Gasteiger partial charge in [-0.15, -0.1) is 0 Å². The summed E-state index contributed by atoms with van der Waals surface area (Å²) in [6, 6.07) is 9.22. The molecule has 2 aromatic heterocycles. The largest absolute Gasteiger partial charge is 0.497 e. The van der Waals surface area contributed by atoms with E-state index in [1.54, 1.807) is 32.7 Å². The Morgan fingerprint density at radius 3 is 2.48 bits per heavy atom. The molecule has 0 radical (unpaired) electrons. The second-order valence-corrected chi connectivity index (χ2v) is 7.50. The standard InChI is InChI=1S/C25H27ClN4O3/c1-5-19(30(9-6-10-31)20-12-21(32-3)15-22(13-20)33-4)14-23-17(2)28-16-24(29-23)18-7-8-27-25(26)11-18/h5,7-8,11-16,31H,2,6,9-10H2,1,3-4H3/b19-5+,23-14+. The zero-order valence-corrected chi connectivity index (χ0v) is 19.7. The molecule has 0 aliphatic heterocycles. The second kappa shape index (κ2) is 11.4. The molecule has 0 bridgehead atoms. The molecule has 0 saturated carbocycles. The Balaban J connectivity index is 2.11. The van der Waals surface area contributed by atoms with Crippen LogP contribution in [-0.2, 0) is 0 Å². The highest BCUT2D eigenvalue weighted by molar-refractivity contribution is 6.29. The second-order valence-electron chi connectivity index (χ2n) is 7.11. The quantitative estimate of drug-likeness (QED) is 0.485. The first kappa shape index (κ1) is 24.2. The molecule has 0 aliphatic carbocycles. The van der Waals surface area contributed by atoms with Gasteiger partial charge in [0.05, 0.1) is 36.8 Å². The first-order valence-electron chi connectivity index (χ1n) is 10.4. The lowest BCUT2D eigenvalue weighted by molar-refractivity contribution is 0.290. The van der Waals surface area contributed by atoms with E-state index >= 15 is 0 Å². The van der Waals surface area contributed by atoms with Crippen LogP contribution in [0.1, 0.15) is 13.3 Å². The van der Waals surface area contributed by atoms with Crippen LogP contribution in [0.3, 0.4) is 0 Å². The van der Waals surface area contributed by atoms with Crippen molar-refractivity contribution in [3.8, 4) is 22.8 Å². The van der Waals surface area contributed by atoms with Crippen LogP contribution < -0.4 is 25.1 Å². The molecule has 0 amide bonds. The molecule has 1 N–H and O–H groups in total. The third kappa shape index (κ3) is 6.09. The number of nitrogens with zero attached hydrogens (tertiary/aromatic N) is 4. The van der Waals surface area contributed by atoms with Gasteiger partial charge >= 0.3 is 0 Å². The molecule has 0 atom stereocenters. The molecule has 3 aromatic rings. The Morgan fingerprint density at radius 1 is 1.15 bits per heavy atom. The van der Waals surface area contributed by atoms with Crippen LogP contribution >= 0.6 is 11.6 Å².